The molecule has 2 N–H and O–H groups in total. The van der Waals surface area contributed by atoms with Gasteiger partial charge in [-0.1, -0.05) is 25.9 Å². The van der Waals surface area contributed by atoms with E-state index < -0.39 is 0 Å². The van der Waals surface area contributed by atoms with E-state index in [1.54, 1.807) is 0 Å². The first kappa shape index (κ1) is 21.4. The summed E-state index contributed by atoms with van der Waals surface area (Å²) >= 11 is 0. The van der Waals surface area contributed by atoms with Crippen molar-refractivity contribution in [3.8, 4) is 0 Å². The van der Waals surface area contributed by atoms with Gasteiger partial charge in [-0.2, -0.15) is 4.98 Å². The molecule has 0 saturated heterocycles. The Kier molecular flexibility index (Phi) is 8.35. The number of nitrogens with zero attached hydrogens (tertiary/aromatic N) is 4. The molecule has 25 heavy (non-hydrogen) atoms. The van der Waals surface area contributed by atoms with Gasteiger partial charge < -0.3 is 15.2 Å². The average Bonchev–Trinajstić information content (AvgIpc) is 2.97. The zero-order valence-corrected chi connectivity index (χ0v) is 17.2. The Morgan fingerprint density at radius 1 is 1.16 bits per heavy atom. The van der Waals surface area contributed by atoms with E-state index in [4.69, 9.17) is 4.52 Å². The molecule has 0 atom stereocenters. The van der Waals surface area contributed by atoms with Gasteiger partial charge in [0, 0.05) is 37.1 Å². The molecule has 0 saturated carbocycles. The van der Waals surface area contributed by atoms with Crippen LogP contribution in [0.5, 0.6) is 0 Å². The molecular formula is C18H36N6O. The summed E-state index contributed by atoms with van der Waals surface area (Å²) in [6.45, 7) is 20.1. The molecule has 1 aromatic heterocycles. The van der Waals surface area contributed by atoms with Crippen LogP contribution in [0.1, 0.15) is 67.1 Å². The van der Waals surface area contributed by atoms with Gasteiger partial charge in [0.1, 0.15) is 6.54 Å². The normalized spacial score (nSPS) is 13.2. The van der Waals surface area contributed by atoms with Crippen LogP contribution in [0.3, 0.4) is 0 Å². The van der Waals surface area contributed by atoms with E-state index in [0.717, 1.165) is 25.6 Å². The fourth-order valence-corrected chi connectivity index (χ4v) is 2.53. The van der Waals surface area contributed by atoms with Crippen molar-refractivity contribution in [3.05, 3.63) is 11.7 Å². The number of aliphatic imine (C=N–C) groups is 1. The minimum atomic E-state index is -0.144. The van der Waals surface area contributed by atoms with Crippen LogP contribution in [0.15, 0.2) is 9.52 Å². The van der Waals surface area contributed by atoms with Crippen LogP contribution in [0.4, 0.5) is 0 Å². The van der Waals surface area contributed by atoms with Gasteiger partial charge in [0.15, 0.2) is 11.8 Å². The molecule has 0 aliphatic heterocycles. The van der Waals surface area contributed by atoms with E-state index >= 15 is 0 Å². The second kappa shape index (κ2) is 9.75. The molecule has 0 bridgehead atoms. The molecule has 0 radical (unpaired) electrons. The van der Waals surface area contributed by atoms with Crippen molar-refractivity contribution in [2.75, 3.05) is 19.6 Å². The van der Waals surface area contributed by atoms with Gasteiger partial charge in [-0.05, 0) is 34.6 Å². The SMILES string of the molecule is CCNC(=NCc1noc(C(C)(C)C)n1)NCCN(C(C)C)C(C)C. The molecule has 1 aromatic rings. The molecule has 0 unspecified atom stereocenters. The number of rotatable bonds is 8. The summed E-state index contributed by atoms with van der Waals surface area (Å²) in [7, 11) is 0. The predicted molar refractivity (Wildman–Crippen MR) is 103 cm³/mol. The summed E-state index contributed by atoms with van der Waals surface area (Å²) in [5, 5.41) is 10.6. The van der Waals surface area contributed by atoms with Crippen molar-refractivity contribution in [1.29, 1.82) is 0 Å². The van der Waals surface area contributed by atoms with Crippen LogP contribution < -0.4 is 10.6 Å². The van der Waals surface area contributed by atoms with Crippen LogP contribution in [-0.4, -0.2) is 52.7 Å². The maximum absolute atomic E-state index is 5.31. The monoisotopic (exact) mass is 352 g/mol. The van der Waals surface area contributed by atoms with Gasteiger partial charge in [0.05, 0.1) is 0 Å². The predicted octanol–water partition coefficient (Wildman–Crippen LogP) is 2.54. The van der Waals surface area contributed by atoms with E-state index in [9.17, 15) is 0 Å². The quantitative estimate of drug-likeness (QED) is 0.553. The number of aromatic nitrogens is 2. The van der Waals surface area contributed by atoms with Crippen LogP contribution in [0.25, 0.3) is 0 Å². The molecule has 0 spiro atoms. The molecule has 0 aliphatic rings. The fourth-order valence-electron chi connectivity index (χ4n) is 2.53. The Hall–Kier alpha value is -1.63. The Bertz CT molecular complexity index is 522. The lowest BCUT2D eigenvalue weighted by atomic mass is 9.97. The number of hydrogen-bond donors (Lipinski definition) is 2. The van der Waals surface area contributed by atoms with Gasteiger partial charge in [-0.3, -0.25) is 4.90 Å². The summed E-state index contributed by atoms with van der Waals surface area (Å²) in [5.41, 5.74) is -0.144. The zero-order valence-electron chi connectivity index (χ0n) is 17.2. The van der Waals surface area contributed by atoms with Crippen molar-refractivity contribution in [2.24, 2.45) is 4.99 Å². The molecule has 0 aromatic carbocycles. The topological polar surface area (TPSA) is 78.6 Å². The lowest BCUT2D eigenvalue weighted by Gasteiger charge is -2.30. The van der Waals surface area contributed by atoms with Gasteiger partial charge in [-0.25, -0.2) is 4.99 Å². The highest BCUT2D eigenvalue weighted by Crippen LogP contribution is 2.19. The number of nitrogens with one attached hydrogen (secondary N) is 2. The second-order valence-electron chi connectivity index (χ2n) is 7.81. The first-order valence-electron chi connectivity index (χ1n) is 9.26. The third kappa shape index (κ3) is 7.42. The molecule has 7 heteroatoms. The molecule has 1 heterocycles. The smallest absolute Gasteiger partial charge is 0.232 e. The summed E-state index contributed by atoms with van der Waals surface area (Å²) in [6, 6.07) is 1.05. The molecule has 0 amide bonds. The van der Waals surface area contributed by atoms with Gasteiger partial charge in [-0.15, -0.1) is 0 Å². The highest BCUT2D eigenvalue weighted by atomic mass is 16.5. The van der Waals surface area contributed by atoms with Crippen LogP contribution in [0, 0.1) is 0 Å². The largest absolute Gasteiger partial charge is 0.357 e. The molecule has 0 fully saturated rings. The maximum atomic E-state index is 5.31. The highest BCUT2D eigenvalue weighted by molar-refractivity contribution is 5.79. The molecule has 144 valence electrons. The Morgan fingerprint density at radius 3 is 2.28 bits per heavy atom. The van der Waals surface area contributed by atoms with Crippen molar-refractivity contribution in [2.45, 2.75) is 79.4 Å². The third-order valence-corrected chi connectivity index (χ3v) is 3.82. The van der Waals surface area contributed by atoms with Crippen LogP contribution in [-0.2, 0) is 12.0 Å². The van der Waals surface area contributed by atoms with E-state index in [0.29, 0.717) is 30.3 Å². The second-order valence-corrected chi connectivity index (χ2v) is 7.81. The third-order valence-electron chi connectivity index (χ3n) is 3.82. The number of guanidine groups is 1. The minimum absolute atomic E-state index is 0.144. The first-order valence-corrected chi connectivity index (χ1v) is 9.26. The van der Waals surface area contributed by atoms with Crippen molar-refractivity contribution < 1.29 is 4.52 Å². The zero-order chi connectivity index (χ0) is 19.0. The average molecular weight is 353 g/mol. The lowest BCUT2D eigenvalue weighted by Crippen LogP contribution is -2.45. The van der Waals surface area contributed by atoms with Crippen LogP contribution >= 0.6 is 0 Å². The van der Waals surface area contributed by atoms with Crippen LogP contribution in [0.2, 0.25) is 0 Å². The molecular weight excluding hydrogens is 316 g/mol. The van der Waals surface area contributed by atoms with Gasteiger partial charge in [0.25, 0.3) is 0 Å². The Morgan fingerprint density at radius 2 is 1.80 bits per heavy atom. The first-order chi connectivity index (χ1) is 11.6. The summed E-state index contributed by atoms with van der Waals surface area (Å²) in [4.78, 5) is 11.4. The summed E-state index contributed by atoms with van der Waals surface area (Å²) < 4.78 is 5.31. The van der Waals surface area contributed by atoms with E-state index in [-0.39, 0.29) is 5.41 Å². The van der Waals surface area contributed by atoms with Crippen molar-refractivity contribution in [1.82, 2.24) is 25.7 Å². The van der Waals surface area contributed by atoms with Gasteiger partial charge >= 0.3 is 0 Å². The maximum Gasteiger partial charge on any atom is 0.232 e. The van der Waals surface area contributed by atoms with Crippen molar-refractivity contribution >= 4 is 5.96 Å². The molecule has 1 rings (SSSR count). The lowest BCUT2D eigenvalue weighted by molar-refractivity contribution is 0.178. The fraction of sp³-hybridized carbons (Fsp3) is 0.833. The van der Waals surface area contributed by atoms with Crippen molar-refractivity contribution in [3.63, 3.8) is 0 Å². The summed E-state index contributed by atoms with van der Waals surface area (Å²) in [6.07, 6.45) is 0. The summed E-state index contributed by atoms with van der Waals surface area (Å²) in [5.74, 6) is 2.02. The van der Waals surface area contributed by atoms with E-state index in [1.807, 2.05) is 20.8 Å². The van der Waals surface area contributed by atoms with E-state index in [1.165, 1.54) is 0 Å². The van der Waals surface area contributed by atoms with Gasteiger partial charge in [0.2, 0.25) is 5.89 Å². The Balaban J connectivity index is 2.60. The standard InChI is InChI=1S/C18H36N6O/c1-9-19-17(20-10-11-24(13(2)3)14(4)5)21-12-15-22-16(25-23-15)18(6,7)8/h13-14H,9-12H2,1-8H3,(H2,19,20,21). The molecule has 0 aliphatic carbocycles. The molecule has 7 nitrogen and oxygen atoms in total. The highest BCUT2D eigenvalue weighted by Gasteiger charge is 2.21. The Labute approximate surface area is 152 Å². The van der Waals surface area contributed by atoms with E-state index in [2.05, 4.69) is 65.3 Å². The number of hydrogen-bond acceptors (Lipinski definition) is 5. The minimum Gasteiger partial charge on any atom is -0.357 e.